The van der Waals surface area contributed by atoms with E-state index in [1.807, 2.05) is 66.2 Å². The lowest BCUT2D eigenvalue weighted by Crippen LogP contribution is -2.36. The molecule has 0 atom stereocenters. The predicted octanol–water partition coefficient (Wildman–Crippen LogP) is 5.64. The van der Waals surface area contributed by atoms with E-state index in [1.165, 1.54) is 4.90 Å². The molecule has 8 nitrogen and oxygen atoms in total. The highest BCUT2D eigenvalue weighted by Crippen LogP contribution is 2.29. The van der Waals surface area contributed by atoms with E-state index in [2.05, 4.69) is 0 Å². The molecule has 3 N–H and O–H groups in total. The summed E-state index contributed by atoms with van der Waals surface area (Å²) in [4.78, 5) is 41.3. The lowest BCUT2D eigenvalue weighted by atomic mass is 10.0. The van der Waals surface area contributed by atoms with Gasteiger partial charge >= 0.3 is 5.97 Å². The number of ketones is 1. The van der Waals surface area contributed by atoms with Crippen LogP contribution in [-0.2, 0) is 23.0 Å². The van der Waals surface area contributed by atoms with Crippen molar-refractivity contribution in [1.29, 1.82) is 5.41 Å². The molecule has 8 heteroatoms. The maximum atomic E-state index is 13.8. The first-order valence-electron chi connectivity index (χ1n) is 13.8. The molecule has 5 rings (SSSR count). The second-order valence-electron chi connectivity index (χ2n) is 10.1. The number of carbonyl (C=O) groups is 3. The number of hydrogen-bond acceptors (Lipinski definition) is 5. The second-order valence-corrected chi connectivity index (χ2v) is 10.1. The van der Waals surface area contributed by atoms with E-state index in [-0.39, 0.29) is 37.1 Å². The lowest BCUT2D eigenvalue weighted by molar-refractivity contribution is -0.141. The first-order valence-corrected chi connectivity index (χ1v) is 13.8. The topological polar surface area (TPSA) is 118 Å². The number of rotatable bonds is 10. The summed E-state index contributed by atoms with van der Waals surface area (Å²) in [6, 6.07) is 25.9. The molecule has 4 aromatic carbocycles. The van der Waals surface area contributed by atoms with Crippen LogP contribution < -0.4 is 10.6 Å². The van der Waals surface area contributed by atoms with Gasteiger partial charge in [0, 0.05) is 52.9 Å². The average Bonchev–Trinajstić information content (AvgIpc) is 3.34. The van der Waals surface area contributed by atoms with Gasteiger partial charge < -0.3 is 15.0 Å². The highest BCUT2D eigenvalue weighted by molar-refractivity contribution is 6.13. The van der Waals surface area contributed by atoms with Crippen molar-refractivity contribution >= 4 is 50.9 Å². The van der Waals surface area contributed by atoms with Crippen molar-refractivity contribution in [3.8, 4) is 0 Å². The first kappa shape index (κ1) is 28.3. The number of esters is 1. The SMILES string of the molecule is CCOC(=O)CN(C(=O)c1ccc2ccccc2c1)c1ccc2c(c1)c(C(=O)CCc1ccc(C(=N)N)cc1)cn2C. The van der Waals surface area contributed by atoms with Gasteiger partial charge in [0.2, 0.25) is 0 Å². The zero-order valence-corrected chi connectivity index (χ0v) is 23.6. The van der Waals surface area contributed by atoms with Crippen LogP contribution in [0.5, 0.6) is 0 Å². The number of Topliss-reactive ketones (excluding diaryl/α,β-unsaturated/α-hetero) is 1. The standard InChI is InChI=1S/C34H32N4O4/c1-3-42-32(40)21-38(34(41)26-14-13-23-6-4-5-7-25(23)18-26)27-15-16-30-28(19-27)29(20-37(30)2)31(39)17-10-22-8-11-24(12-9-22)33(35)36/h4-9,11-16,18-20H,3,10,17,21H2,1-2H3,(H3,35,36). The van der Waals surface area contributed by atoms with Crippen molar-refractivity contribution < 1.29 is 19.1 Å². The van der Waals surface area contributed by atoms with E-state index in [1.54, 1.807) is 43.5 Å². The highest BCUT2D eigenvalue weighted by Gasteiger charge is 2.24. The van der Waals surface area contributed by atoms with Crippen LogP contribution in [0.15, 0.2) is 91.1 Å². The Morgan fingerprint density at radius 2 is 1.62 bits per heavy atom. The third-order valence-electron chi connectivity index (χ3n) is 7.32. The van der Waals surface area contributed by atoms with Crippen LogP contribution in [0, 0.1) is 5.41 Å². The molecule has 42 heavy (non-hydrogen) atoms. The van der Waals surface area contributed by atoms with Gasteiger partial charge in [-0.3, -0.25) is 24.7 Å². The Morgan fingerprint density at radius 1 is 0.905 bits per heavy atom. The number of nitrogens with two attached hydrogens (primary N) is 1. The van der Waals surface area contributed by atoms with Gasteiger partial charge in [-0.25, -0.2) is 0 Å². The number of amides is 1. The van der Waals surface area contributed by atoms with Crippen LogP contribution in [0.3, 0.4) is 0 Å². The summed E-state index contributed by atoms with van der Waals surface area (Å²) in [5.74, 6) is -0.899. The van der Waals surface area contributed by atoms with Crippen LogP contribution >= 0.6 is 0 Å². The van der Waals surface area contributed by atoms with Crippen LogP contribution in [0.1, 0.15) is 45.2 Å². The molecule has 0 fully saturated rings. The molecule has 0 bridgehead atoms. The van der Waals surface area contributed by atoms with Crippen molar-refractivity contribution in [3.05, 3.63) is 113 Å². The molecule has 0 saturated heterocycles. The Balaban J connectivity index is 1.46. The van der Waals surface area contributed by atoms with Crippen molar-refractivity contribution in [2.45, 2.75) is 19.8 Å². The minimum absolute atomic E-state index is 0.000263. The Hall–Kier alpha value is -5.24. The Kier molecular flexibility index (Phi) is 8.15. The van der Waals surface area contributed by atoms with Gasteiger partial charge in [-0.05, 0) is 60.0 Å². The maximum absolute atomic E-state index is 13.8. The predicted molar refractivity (Wildman–Crippen MR) is 165 cm³/mol. The zero-order chi connectivity index (χ0) is 29.8. The molecule has 5 aromatic rings. The number of nitrogen functional groups attached to an aromatic ring is 1. The summed E-state index contributed by atoms with van der Waals surface area (Å²) < 4.78 is 7.07. The summed E-state index contributed by atoms with van der Waals surface area (Å²) in [5, 5.41) is 10.2. The molecule has 1 heterocycles. The molecular formula is C34H32N4O4. The number of benzene rings is 4. The number of aryl methyl sites for hydroxylation is 2. The number of carbonyl (C=O) groups excluding carboxylic acids is 3. The fourth-order valence-electron chi connectivity index (χ4n) is 5.11. The van der Waals surface area contributed by atoms with E-state index < -0.39 is 5.97 Å². The Labute approximate surface area is 243 Å². The zero-order valence-electron chi connectivity index (χ0n) is 23.6. The molecule has 0 spiro atoms. The summed E-state index contributed by atoms with van der Waals surface area (Å²) in [6.07, 6.45) is 2.62. The number of nitrogens with zero attached hydrogens (tertiary/aromatic N) is 2. The number of ether oxygens (including phenoxy) is 1. The Morgan fingerprint density at radius 3 is 2.33 bits per heavy atom. The van der Waals surface area contributed by atoms with E-state index >= 15 is 0 Å². The third-order valence-corrected chi connectivity index (χ3v) is 7.32. The molecule has 1 aromatic heterocycles. The third kappa shape index (κ3) is 5.93. The second kappa shape index (κ2) is 12.1. The van der Waals surface area contributed by atoms with Crippen molar-refractivity contribution in [2.75, 3.05) is 18.1 Å². The number of anilines is 1. The van der Waals surface area contributed by atoms with Gasteiger partial charge in [-0.2, -0.15) is 0 Å². The Bertz CT molecular complexity index is 1820. The smallest absolute Gasteiger partial charge is 0.326 e. The number of aromatic nitrogens is 1. The number of hydrogen-bond donors (Lipinski definition) is 2. The van der Waals surface area contributed by atoms with Gasteiger partial charge in [0.05, 0.1) is 6.61 Å². The van der Waals surface area contributed by atoms with Gasteiger partial charge in [-0.1, -0.05) is 54.6 Å². The maximum Gasteiger partial charge on any atom is 0.326 e. The lowest BCUT2D eigenvalue weighted by Gasteiger charge is -2.22. The summed E-state index contributed by atoms with van der Waals surface area (Å²) in [5.41, 5.74) is 9.47. The average molecular weight is 561 g/mol. The minimum atomic E-state index is -0.521. The first-order chi connectivity index (χ1) is 20.2. The van der Waals surface area contributed by atoms with E-state index in [0.29, 0.717) is 34.2 Å². The van der Waals surface area contributed by atoms with E-state index in [9.17, 15) is 14.4 Å². The molecule has 0 saturated carbocycles. The van der Waals surface area contributed by atoms with Crippen molar-refractivity contribution in [2.24, 2.45) is 12.8 Å². The minimum Gasteiger partial charge on any atom is -0.465 e. The van der Waals surface area contributed by atoms with Gasteiger partial charge in [0.15, 0.2) is 5.78 Å². The summed E-state index contributed by atoms with van der Waals surface area (Å²) >= 11 is 0. The fraction of sp³-hybridized carbons (Fsp3) is 0.176. The molecule has 0 aliphatic rings. The molecule has 0 aliphatic carbocycles. The molecule has 212 valence electrons. The van der Waals surface area contributed by atoms with E-state index in [4.69, 9.17) is 15.9 Å². The van der Waals surface area contributed by atoms with Gasteiger partial charge in [0.1, 0.15) is 12.4 Å². The highest BCUT2D eigenvalue weighted by atomic mass is 16.5. The summed E-state index contributed by atoms with van der Waals surface area (Å²) in [7, 11) is 1.87. The number of nitrogens with one attached hydrogen (secondary N) is 1. The van der Waals surface area contributed by atoms with Crippen molar-refractivity contribution in [3.63, 3.8) is 0 Å². The van der Waals surface area contributed by atoms with Crippen LogP contribution in [0.4, 0.5) is 5.69 Å². The van der Waals surface area contributed by atoms with Crippen LogP contribution in [0.25, 0.3) is 21.7 Å². The molecule has 0 radical (unpaired) electrons. The molecule has 1 amide bonds. The fourth-order valence-corrected chi connectivity index (χ4v) is 5.11. The van der Waals surface area contributed by atoms with Gasteiger partial charge in [-0.15, -0.1) is 0 Å². The molecule has 0 aliphatic heterocycles. The van der Waals surface area contributed by atoms with Gasteiger partial charge in [0.25, 0.3) is 5.91 Å². The van der Waals surface area contributed by atoms with E-state index in [0.717, 1.165) is 21.9 Å². The monoisotopic (exact) mass is 560 g/mol. The largest absolute Gasteiger partial charge is 0.465 e. The normalized spacial score (nSPS) is 11.0. The van der Waals surface area contributed by atoms with Crippen LogP contribution in [0.2, 0.25) is 0 Å². The quantitative estimate of drug-likeness (QED) is 0.0992. The number of amidine groups is 1. The number of fused-ring (bicyclic) bond motifs is 2. The summed E-state index contributed by atoms with van der Waals surface area (Å²) in [6.45, 7) is 1.65. The molecular weight excluding hydrogens is 528 g/mol. The van der Waals surface area contributed by atoms with Crippen LogP contribution in [-0.4, -0.2) is 41.2 Å². The van der Waals surface area contributed by atoms with Crippen molar-refractivity contribution in [1.82, 2.24) is 4.57 Å². The molecule has 0 unspecified atom stereocenters.